The topological polar surface area (TPSA) is 55.8 Å². The van der Waals surface area contributed by atoms with E-state index in [1.165, 1.54) is 32.1 Å². The molecule has 0 saturated carbocycles. The molecule has 2 aliphatic heterocycles. The number of hydrogen-bond acceptors (Lipinski definition) is 4. The minimum absolute atomic E-state index is 0.163. The van der Waals surface area contributed by atoms with Crippen molar-refractivity contribution in [1.82, 2.24) is 4.90 Å². The Morgan fingerprint density at radius 1 is 1.14 bits per heavy atom. The maximum atomic E-state index is 12.0. The summed E-state index contributed by atoms with van der Waals surface area (Å²) in [5.41, 5.74) is 0. The average Bonchev–Trinajstić information content (AvgIpc) is 3.01. The molecule has 1 amide bonds. The van der Waals surface area contributed by atoms with E-state index in [0.29, 0.717) is 18.9 Å². The molecular weight excluding hydrogens is 270 g/mol. The fourth-order valence-electron chi connectivity index (χ4n) is 3.16. The molecule has 2 aliphatic rings. The molecule has 2 atom stereocenters. The van der Waals surface area contributed by atoms with Crippen molar-refractivity contribution in [2.45, 2.75) is 64.4 Å². The van der Waals surface area contributed by atoms with Crippen molar-refractivity contribution >= 4 is 12.1 Å². The van der Waals surface area contributed by atoms with Gasteiger partial charge in [0, 0.05) is 19.5 Å². The summed E-state index contributed by atoms with van der Waals surface area (Å²) in [7, 11) is 0. The Balaban J connectivity index is 1.60. The summed E-state index contributed by atoms with van der Waals surface area (Å²) < 4.78 is 9.82. The lowest BCUT2D eigenvalue weighted by Crippen LogP contribution is -2.27. The Morgan fingerprint density at radius 2 is 1.90 bits per heavy atom. The third-order valence-corrected chi connectivity index (χ3v) is 4.32. The molecule has 5 nitrogen and oxygen atoms in total. The molecule has 2 rings (SSSR count). The van der Waals surface area contributed by atoms with Gasteiger partial charge in [-0.25, -0.2) is 4.79 Å². The zero-order chi connectivity index (χ0) is 15.1. The number of nitrogens with zero attached hydrogens (tertiary/aromatic N) is 1. The molecule has 2 saturated heterocycles. The average molecular weight is 297 g/mol. The number of cyclic esters (lactones) is 2. The summed E-state index contributed by atoms with van der Waals surface area (Å²) in [5, 5.41) is 0. The molecule has 0 aromatic carbocycles. The van der Waals surface area contributed by atoms with Crippen molar-refractivity contribution in [1.29, 1.82) is 0 Å². The number of rotatable bonds is 9. The molecular formula is C16H27NO4. The molecule has 2 fully saturated rings. The Morgan fingerprint density at radius 3 is 2.62 bits per heavy atom. The van der Waals surface area contributed by atoms with Gasteiger partial charge in [-0.1, -0.05) is 39.0 Å². The van der Waals surface area contributed by atoms with Crippen LogP contribution in [0.4, 0.5) is 4.79 Å². The van der Waals surface area contributed by atoms with Gasteiger partial charge in [0.05, 0.1) is 0 Å². The standard InChI is InChI=1S/C16H27NO4/c1-2-3-4-5-6-7-8-17-11-13(10-15(17)18)9-14-12-20-16(19)21-14/h13-14H,2-12H2,1H3. The van der Waals surface area contributed by atoms with Crippen LogP contribution in [-0.2, 0) is 14.3 Å². The second kappa shape index (κ2) is 8.25. The summed E-state index contributed by atoms with van der Waals surface area (Å²) in [6.07, 6.45) is 8.06. The Kier molecular flexibility index (Phi) is 6.33. The van der Waals surface area contributed by atoms with E-state index in [1.807, 2.05) is 4.90 Å². The number of likely N-dealkylation sites (tertiary alicyclic amines) is 1. The largest absolute Gasteiger partial charge is 0.508 e. The molecule has 0 aromatic rings. The Labute approximate surface area is 127 Å². The van der Waals surface area contributed by atoms with Crippen molar-refractivity contribution in [3.8, 4) is 0 Å². The van der Waals surface area contributed by atoms with Crippen molar-refractivity contribution in [2.75, 3.05) is 19.7 Å². The minimum atomic E-state index is -0.576. The van der Waals surface area contributed by atoms with Crippen LogP contribution in [0.2, 0.25) is 0 Å². The van der Waals surface area contributed by atoms with E-state index in [9.17, 15) is 9.59 Å². The van der Waals surface area contributed by atoms with E-state index in [2.05, 4.69) is 6.92 Å². The maximum Gasteiger partial charge on any atom is 0.508 e. The first-order valence-electron chi connectivity index (χ1n) is 8.30. The first-order chi connectivity index (χ1) is 10.2. The highest BCUT2D eigenvalue weighted by molar-refractivity contribution is 5.78. The number of hydrogen-bond donors (Lipinski definition) is 0. The normalized spacial score (nSPS) is 25.3. The highest BCUT2D eigenvalue weighted by Crippen LogP contribution is 2.25. The van der Waals surface area contributed by atoms with Crippen LogP contribution in [0.25, 0.3) is 0 Å². The quantitative estimate of drug-likeness (QED) is 0.484. The molecule has 0 aliphatic carbocycles. The van der Waals surface area contributed by atoms with Crippen molar-refractivity contribution in [3.63, 3.8) is 0 Å². The number of carbonyl (C=O) groups excluding carboxylic acids is 2. The van der Waals surface area contributed by atoms with Gasteiger partial charge < -0.3 is 14.4 Å². The summed E-state index contributed by atoms with van der Waals surface area (Å²) in [6, 6.07) is 0. The predicted molar refractivity (Wildman–Crippen MR) is 78.9 cm³/mol. The fraction of sp³-hybridized carbons (Fsp3) is 0.875. The van der Waals surface area contributed by atoms with Crippen LogP contribution < -0.4 is 0 Å². The molecule has 0 spiro atoms. The Hall–Kier alpha value is -1.26. The van der Waals surface area contributed by atoms with E-state index < -0.39 is 6.16 Å². The van der Waals surface area contributed by atoms with E-state index >= 15 is 0 Å². The van der Waals surface area contributed by atoms with Gasteiger partial charge in [0.25, 0.3) is 0 Å². The van der Waals surface area contributed by atoms with Crippen LogP contribution in [0.5, 0.6) is 0 Å². The van der Waals surface area contributed by atoms with E-state index in [0.717, 1.165) is 25.9 Å². The van der Waals surface area contributed by atoms with Crippen LogP contribution >= 0.6 is 0 Å². The number of carbonyl (C=O) groups is 2. The highest BCUT2D eigenvalue weighted by atomic mass is 16.8. The van der Waals surface area contributed by atoms with Gasteiger partial charge in [-0.3, -0.25) is 4.79 Å². The molecule has 0 aromatic heterocycles. The summed E-state index contributed by atoms with van der Waals surface area (Å²) >= 11 is 0. The lowest BCUT2D eigenvalue weighted by atomic mass is 10.0. The van der Waals surface area contributed by atoms with E-state index in [4.69, 9.17) is 9.47 Å². The monoisotopic (exact) mass is 297 g/mol. The SMILES string of the molecule is CCCCCCCCN1CC(CC2COC(=O)O2)CC1=O. The third-order valence-electron chi connectivity index (χ3n) is 4.32. The van der Waals surface area contributed by atoms with E-state index in [1.54, 1.807) is 0 Å². The summed E-state index contributed by atoms with van der Waals surface area (Å²) in [4.78, 5) is 24.8. The predicted octanol–water partition coefficient (Wildman–Crippen LogP) is 3.12. The number of ether oxygens (including phenoxy) is 2. The second-order valence-electron chi connectivity index (χ2n) is 6.21. The fourth-order valence-corrected chi connectivity index (χ4v) is 3.16. The molecule has 2 heterocycles. The van der Waals surface area contributed by atoms with Crippen molar-refractivity contribution in [2.24, 2.45) is 5.92 Å². The molecule has 5 heteroatoms. The third kappa shape index (κ3) is 5.21. The lowest BCUT2D eigenvalue weighted by Gasteiger charge is -2.17. The molecule has 120 valence electrons. The molecule has 0 bridgehead atoms. The molecule has 2 unspecified atom stereocenters. The van der Waals surface area contributed by atoms with Crippen LogP contribution in [0.15, 0.2) is 0 Å². The van der Waals surface area contributed by atoms with Gasteiger partial charge >= 0.3 is 6.16 Å². The van der Waals surface area contributed by atoms with Crippen LogP contribution in [0.3, 0.4) is 0 Å². The minimum Gasteiger partial charge on any atom is -0.430 e. The maximum absolute atomic E-state index is 12.0. The van der Waals surface area contributed by atoms with Gasteiger partial charge in [0.1, 0.15) is 12.7 Å². The zero-order valence-corrected chi connectivity index (χ0v) is 13.0. The van der Waals surface area contributed by atoms with Gasteiger partial charge in [-0.15, -0.1) is 0 Å². The van der Waals surface area contributed by atoms with Crippen LogP contribution in [-0.4, -0.2) is 42.8 Å². The zero-order valence-electron chi connectivity index (χ0n) is 13.0. The summed E-state index contributed by atoms with van der Waals surface area (Å²) in [5.74, 6) is 0.552. The van der Waals surface area contributed by atoms with Crippen LogP contribution in [0, 0.1) is 5.92 Å². The second-order valence-corrected chi connectivity index (χ2v) is 6.21. The van der Waals surface area contributed by atoms with Crippen LogP contribution in [0.1, 0.15) is 58.3 Å². The molecule has 21 heavy (non-hydrogen) atoms. The smallest absolute Gasteiger partial charge is 0.430 e. The van der Waals surface area contributed by atoms with Gasteiger partial charge in [0.2, 0.25) is 5.91 Å². The lowest BCUT2D eigenvalue weighted by molar-refractivity contribution is -0.127. The first kappa shape index (κ1) is 16.1. The molecule has 0 radical (unpaired) electrons. The number of amides is 1. The van der Waals surface area contributed by atoms with Crippen molar-refractivity contribution < 1.29 is 19.1 Å². The van der Waals surface area contributed by atoms with Gasteiger partial charge in [-0.05, 0) is 18.8 Å². The first-order valence-corrected chi connectivity index (χ1v) is 8.30. The highest BCUT2D eigenvalue weighted by Gasteiger charge is 2.34. The van der Waals surface area contributed by atoms with E-state index in [-0.39, 0.29) is 12.0 Å². The number of unbranched alkanes of at least 4 members (excludes halogenated alkanes) is 5. The van der Waals surface area contributed by atoms with Gasteiger partial charge in [-0.2, -0.15) is 0 Å². The molecule has 0 N–H and O–H groups in total. The summed E-state index contributed by atoms with van der Waals surface area (Å²) in [6.45, 7) is 4.24. The van der Waals surface area contributed by atoms with Crippen molar-refractivity contribution in [3.05, 3.63) is 0 Å². The van der Waals surface area contributed by atoms with Gasteiger partial charge in [0.15, 0.2) is 0 Å². The Bertz CT molecular complexity index is 358.